The Kier molecular flexibility index (Phi) is 2.39. The summed E-state index contributed by atoms with van der Waals surface area (Å²) in [5, 5.41) is 21.0. The van der Waals surface area contributed by atoms with Crippen molar-refractivity contribution in [3.05, 3.63) is 0 Å². The van der Waals surface area contributed by atoms with Crippen LogP contribution < -0.4 is 5.32 Å². The first kappa shape index (κ1) is 9.48. The van der Waals surface area contributed by atoms with Crippen molar-refractivity contribution in [3.8, 4) is 0 Å². The molecule has 2 atom stereocenters. The summed E-state index contributed by atoms with van der Waals surface area (Å²) in [7, 11) is 0. The molecule has 2 unspecified atom stereocenters. The average Bonchev–Trinajstić information content (AvgIpc) is 1.94. The number of carbonyl (C=O) groups is 1. The van der Waals surface area contributed by atoms with E-state index in [1.165, 1.54) is 0 Å². The van der Waals surface area contributed by atoms with E-state index >= 15 is 0 Å². The van der Waals surface area contributed by atoms with Crippen molar-refractivity contribution in [1.82, 2.24) is 5.32 Å². The molecule has 1 heterocycles. The number of hydrogen-bond donors (Lipinski definition) is 3. The van der Waals surface area contributed by atoms with Gasteiger partial charge in [0, 0.05) is 6.54 Å². The second kappa shape index (κ2) is 3.03. The highest BCUT2D eigenvalue weighted by atomic mass is 16.4. The molecule has 0 aliphatic carbocycles. The summed E-state index contributed by atoms with van der Waals surface area (Å²) in [5.74, 6) is -0.838. The molecule has 0 saturated carbocycles. The zero-order chi connectivity index (χ0) is 9.35. The van der Waals surface area contributed by atoms with Crippen LogP contribution in [0.15, 0.2) is 0 Å². The number of aliphatic hydroxyl groups excluding tert-OH is 1. The summed E-state index contributed by atoms with van der Waals surface area (Å²) >= 11 is 0. The minimum atomic E-state index is -0.838. The Morgan fingerprint density at radius 2 is 2.17 bits per heavy atom. The van der Waals surface area contributed by atoms with E-state index in [0.29, 0.717) is 13.0 Å². The Hall–Kier alpha value is -0.610. The van der Waals surface area contributed by atoms with Crippen molar-refractivity contribution in [2.45, 2.75) is 32.4 Å². The van der Waals surface area contributed by atoms with Gasteiger partial charge in [0.15, 0.2) is 0 Å². The van der Waals surface area contributed by atoms with Gasteiger partial charge in [0.1, 0.15) is 6.04 Å². The van der Waals surface area contributed by atoms with Gasteiger partial charge in [-0.25, -0.2) is 0 Å². The predicted molar refractivity (Wildman–Crippen MR) is 43.8 cm³/mol. The van der Waals surface area contributed by atoms with Crippen molar-refractivity contribution in [1.29, 1.82) is 0 Å². The lowest BCUT2D eigenvalue weighted by atomic mass is 9.77. The van der Waals surface area contributed by atoms with Crippen LogP contribution in [0.4, 0.5) is 0 Å². The minimum Gasteiger partial charge on any atom is -0.480 e. The molecule has 0 bridgehead atoms. The second-order valence-electron chi connectivity index (χ2n) is 4.01. The first-order valence-electron chi connectivity index (χ1n) is 4.08. The number of aliphatic carboxylic acids is 1. The van der Waals surface area contributed by atoms with E-state index in [9.17, 15) is 9.90 Å². The highest BCUT2D eigenvalue weighted by Gasteiger charge is 2.37. The van der Waals surface area contributed by atoms with Crippen molar-refractivity contribution in [2.24, 2.45) is 5.41 Å². The maximum absolute atomic E-state index is 10.6. The predicted octanol–water partition coefficient (Wildman–Crippen LogP) is -0.180. The number of rotatable bonds is 1. The van der Waals surface area contributed by atoms with Crippen molar-refractivity contribution < 1.29 is 15.0 Å². The monoisotopic (exact) mass is 173 g/mol. The van der Waals surface area contributed by atoms with Gasteiger partial charge in [0.2, 0.25) is 0 Å². The van der Waals surface area contributed by atoms with Crippen LogP contribution in [-0.2, 0) is 4.79 Å². The van der Waals surface area contributed by atoms with E-state index in [0.717, 1.165) is 0 Å². The van der Waals surface area contributed by atoms with Crippen LogP contribution in [0.3, 0.4) is 0 Å². The smallest absolute Gasteiger partial charge is 0.320 e. The van der Waals surface area contributed by atoms with E-state index in [2.05, 4.69) is 5.32 Å². The summed E-state index contributed by atoms with van der Waals surface area (Å²) < 4.78 is 0. The summed E-state index contributed by atoms with van der Waals surface area (Å²) in [6.45, 7) is 4.13. The molecule has 1 aliphatic rings. The third-order valence-corrected chi connectivity index (χ3v) is 2.49. The number of nitrogens with one attached hydrogen (secondary N) is 1. The summed E-state index contributed by atoms with van der Waals surface area (Å²) in [5.41, 5.74) is -0.297. The lowest BCUT2D eigenvalue weighted by Crippen LogP contribution is -2.54. The first-order valence-corrected chi connectivity index (χ1v) is 4.08. The van der Waals surface area contributed by atoms with Gasteiger partial charge in [-0.1, -0.05) is 13.8 Å². The van der Waals surface area contributed by atoms with Crippen molar-refractivity contribution >= 4 is 5.97 Å². The highest BCUT2D eigenvalue weighted by molar-refractivity contribution is 5.73. The van der Waals surface area contributed by atoms with Crippen LogP contribution in [-0.4, -0.2) is 34.9 Å². The van der Waals surface area contributed by atoms with Crippen LogP contribution in [0.25, 0.3) is 0 Å². The topological polar surface area (TPSA) is 69.6 Å². The maximum atomic E-state index is 10.6. The zero-order valence-corrected chi connectivity index (χ0v) is 7.37. The molecule has 0 aromatic carbocycles. The maximum Gasteiger partial charge on any atom is 0.320 e. The Morgan fingerprint density at radius 3 is 2.58 bits per heavy atom. The number of hydrogen-bond acceptors (Lipinski definition) is 3. The van der Waals surface area contributed by atoms with Crippen LogP contribution >= 0.6 is 0 Å². The fourth-order valence-corrected chi connectivity index (χ4v) is 1.44. The van der Waals surface area contributed by atoms with Gasteiger partial charge < -0.3 is 15.5 Å². The quantitative estimate of drug-likeness (QED) is 0.514. The fourth-order valence-electron chi connectivity index (χ4n) is 1.44. The van der Waals surface area contributed by atoms with E-state index in [4.69, 9.17) is 5.11 Å². The molecular formula is C8H15NO3. The van der Waals surface area contributed by atoms with Gasteiger partial charge >= 0.3 is 5.97 Å². The molecule has 3 N–H and O–H groups in total. The third kappa shape index (κ3) is 1.76. The largest absolute Gasteiger partial charge is 0.480 e. The molecule has 0 amide bonds. The van der Waals surface area contributed by atoms with Gasteiger partial charge in [-0.15, -0.1) is 0 Å². The van der Waals surface area contributed by atoms with E-state index < -0.39 is 18.1 Å². The highest BCUT2D eigenvalue weighted by Crippen LogP contribution is 2.29. The van der Waals surface area contributed by atoms with Crippen molar-refractivity contribution in [3.63, 3.8) is 0 Å². The summed E-state index contributed by atoms with van der Waals surface area (Å²) in [4.78, 5) is 10.6. The Balaban J connectivity index is 2.63. The standard InChI is InChI=1S/C8H15NO3/c1-8(2)3-5(7(11)12)9-4-6(8)10/h5-6,9-10H,3-4H2,1-2H3,(H,11,12). The van der Waals surface area contributed by atoms with Crippen LogP contribution in [0.5, 0.6) is 0 Å². The van der Waals surface area contributed by atoms with E-state index in [1.807, 2.05) is 13.8 Å². The molecule has 0 aromatic rings. The van der Waals surface area contributed by atoms with Gasteiger partial charge in [0.05, 0.1) is 6.10 Å². The Bertz CT molecular complexity index is 191. The third-order valence-electron chi connectivity index (χ3n) is 2.49. The molecule has 1 rings (SSSR count). The van der Waals surface area contributed by atoms with Crippen LogP contribution in [0.1, 0.15) is 20.3 Å². The average molecular weight is 173 g/mol. The van der Waals surface area contributed by atoms with Gasteiger partial charge in [-0.05, 0) is 11.8 Å². The van der Waals surface area contributed by atoms with Crippen LogP contribution in [0.2, 0.25) is 0 Å². The summed E-state index contributed by atoms with van der Waals surface area (Å²) in [6.07, 6.45) is 0.0249. The van der Waals surface area contributed by atoms with Gasteiger partial charge in [-0.2, -0.15) is 0 Å². The molecule has 70 valence electrons. The molecule has 4 heteroatoms. The normalized spacial score (nSPS) is 34.6. The fraction of sp³-hybridized carbons (Fsp3) is 0.875. The first-order chi connectivity index (χ1) is 5.43. The molecule has 1 fully saturated rings. The summed E-state index contributed by atoms with van der Waals surface area (Å²) in [6, 6.07) is -0.511. The number of aliphatic hydroxyl groups is 1. The molecule has 0 radical (unpaired) electrons. The number of piperidine rings is 1. The van der Waals surface area contributed by atoms with Crippen LogP contribution in [0, 0.1) is 5.41 Å². The lowest BCUT2D eigenvalue weighted by molar-refractivity contribution is -0.142. The molecular weight excluding hydrogens is 158 g/mol. The van der Waals surface area contributed by atoms with E-state index in [-0.39, 0.29) is 5.41 Å². The second-order valence-corrected chi connectivity index (χ2v) is 4.01. The molecule has 1 saturated heterocycles. The molecule has 0 aromatic heterocycles. The Labute approximate surface area is 71.6 Å². The molecule has 4 nitrogen and oxygen atoms in total. The van der Waals surface area contributed by atoms with Gasteiger partial charge in [0.25, 0.3) is 0 Å². The molecule has 1 aliphatic heterocycles. The SMILES string of the molecule is CC1(C)CC(C(=O)O)NCC1O. The van der Waals surface area contributed by atoms with E-state index in [1.54, 1.807) is 0 Å². The minimum absolute atomic E-state index is 0.297. The number of β-amino-alcohol motifs (C(OH)–C–C–N with tert-alkyl or cyclic N) is 1. The molecule has 12 heavy (non-hydrogen) atoms. The van der Waals surface area contributed by atoms with Gasteiger partial charge in [-0.3, -0.25) is 4.79 Å². The zero-order valence-electron chi connectivity index (χ0n) is 7.37. The number of carboxylic acid groups (broad SMARTS) is 1. The Morgan fingerprint density at radius 1 is 1.58 bits per heavy atom. The number of carboxylic acids is 1. The lowest BCUT2D eigenvalue weighted by Gasteiger charge is -2.38. The molecule has 0 spiro atoms. The van der Waals surface area contributed by atoms with Crippen molar-refractivity contribution in [2.75, 3.05) is 6.54 Å².